The van der Waals surface area contributed by atoms with Crippen LogP contribution in [-0.2, 0) is 10.0 Å². The zero-order valence-electron chi connectivity index (χ0n) is 12.9. The van der Waals surface area contributed by atoms with Gasteiger partial charge in [0, 0.05) is 12.1 Å². The third-order valence-electron chi connectivity index (χ3n) is 4.28. The molecule has 0 unspecified atom stereocenters. The van der Waals surface area contributed by atoms with Crippen LogP contribution in [0.2, 0.25) is 0 Å². The van der Waals surface area contributed by atoms with Gasteiger partial charge in [-0.3, -0.25) is 0 Å². The molecular formula is C15H19F3N2O3S. The fourth-order valence-corrected chi connectivity index (χ4v) is 4.24. The van der Waals surface area contributed by atoms with Crippen molar-refractivity contribution in [3.63, 3.8) is 0 Å². The van der Waals surface area contributed by atoms with Crippen LogP contribution in [-0.4, -0.2) is 44.9 Å². The predicted octanol–water partition coefficient (Wildman–Crippen LogP) is 2.49. The number of piperidine rings is 1. The minimum absolute atomic E-state index is 0.0679. The molecule has 1 aliphatic carbocycles. The summed E-state index contributed by atoms with van der Waals surface area (Å²) in [5.41, 5.74) is 0. The van der Waals surface area contributed by atoms with Gasteiger partial charge in [0.05, 0.1) is 4.90 Å². The number of hydrogen-bond acceptors (Lipinski definition) is 4. The zero-order valence-corrected chi connectivity index (χ0v) is 13.7. The van der Waals surface area contributed by atoms with Crippen LogP contribution in [0.15, 0.2) is 29.2 Å². The zero-order chi connectivity index (χ0) is 17.4. The van der Waals surface area contributed by atoms with E-state index in [2.05, 4.69) is 14.4 Å². The lowest BCUT2D eigenvalue weighted by Gasteiger charge is -2.32. The average molecular weight is 364 g/mol. The van der Waals surface area contributed by atoms with Crippen LogP contribution in [0.3, 0.4) is 0 Å². The lowest BCUT2D eigenvalue weighted by Crippen LogP contribution is -2.45. The summed E-state index contributed by atoms with van der Waals surface area (Å²) in [6.45, 7) is 1.74. The second kappa shape index (κ2) is 6.53. The van der Waals surface area contributed by atoms with E-state index in [0.717, 1.165) is 50.2 Å². The number of ether oxygens (including phenoxy) is 1. The molecule has 0 spiro atoms. The van der Waals surface area contributed by atoms with Gasteiger partial charge in [-0.1, -0.05) is 0 Å². The quantitative estimate of drug-likeness (QED) is 0.872. The fourth-order valence-electron chi connectivity index (χ4n) is 2.93. The van der Waals surface area contributed by atoms with E-state index in [-0.39, 0.29) is 10.9 Å². The molecule has 9 heteroatoms. The number of sulfonamides is 1. The van der Waals surface area contributed by atoms with Gasteiger partial charge in [0.15, 0.2) is 0 Å². The van der Waals surface area contributed by atoms with Crippen molar-refractivity contribution in [2.24, 2.45) is 0 Å². The molecule has 1 aliphatic heterocycles. The minimum atomic E-state index is -4.80. The Morgan fingerprint density at radius 2 is 1.62 bits per heavy atom. The van der Waals surface area contributed by atoms with Crippen LogP contribution in [0.5, 0.6) is 5.75 Å². The SMILES string of the molecule is O=S(=O)(NC1CCN(C2CC2)CC1)c1ccc(OC(F)(F)F)cc1. The van der Waals surface area contributed by atoms with E-state index >= 15 is 0 Å². The number of nitrogens with zero attached hydrogens (tertiary/aromatic N) is 1. The smallest absolute Gasteiger partial charge is 0.406 e. The predicted molar refractivity (Wildman–Crippen MR) is 81.1 cm³/mol. The first-order chi connectivity index (χ1) is 11.2. The lowest BCUT2D eigenvalue weighted by molar-refractivity contribution is -0.274. The van der Waals surface area contributed by atoms with Gasteiger partial charge in [0.25, 0.3) is 0 Å². The number of benzene rings is 1. The Labute approximate surface area is 138 Å². The Kier molecular flexibility index (Phi) is 4.76. The maximum Gasteiger partial charge on any atom is 0.573 e. The first kappa shape index (κ1) is 17.5. The molecule has 0 atom stereocenters. The molecule has 0 radical (unpaired) electrons. The molecule has 1 heterocycles. The van der Waals surface area contributed by atoms with Gasteiger partial charge < -0.3 is 9.64 Å². The van der Waals surface area contributed by atoms with Gasteiger partial charge in [0.2, 0.25) is 10.0 Å². The Hall–Kier alpha value is -1.32. The van der Waals surface area contributed by atoms with Crippen molar-refractivity contribution in [1.29, 1.82) is 0 Å². The topological polar surface area (TPSA) is 58.6 Å². The van der Waals surface area contributed by atoms with Gasteiger partial charge in [-0.15, -0.1) is 13.2 Å². The van der Waals surface area contributed by atoms with E-state index in [4.69, 9.17) is 0 Å². The maximum atomic E-state index is 12.3. The Balaban J connectivity index is 1.58. The fraction of sp³-hybridized carbons (Fsp3) is 0.600. The molecule has 1 saturated heterocycles. The van der Waals surface area contributed by atoms with Crippen molar-refractivity contribution in [2.45, 2.75) is 49.0 Å². The number of nitrogens with one attached hydrogen (secondary N) is 1. The average Bonchev–Trinajstić information content (AvgIpc) is 3.31. The van der Waals surface area contributed by atoms with E-state index in [1.165, 1.54) is 12.8 Å². The van der Waals surface area contributed by atoms with E-state index in [1.807, 2.05) is 0 Å². The maximum absolute atomic E-state index is 12.3. The summed E-state index contributed by atoms with van der Waals surface area (Å²) in [7, 11) is -3.75. The van der Waals surface area contributed by atoms with E-state index in [1.54, 1.807) is 0 Å². The summed E-state index contributed by atoms with van der Waals surface area (Å²) >= 11 is 0. The molecule has 1 N–H and O–H groups in total. The molecule has 24 heavy (non-hydrogen) atoms. The molecule has 3 rings (SSSR count). The Morgan fingerprint density at radius 3 is 2.12 bits per heavy atom. The number of rotatable bonds is 5. The van der Waals surface area contributed by atoms with E-state index < -0.39 is 22.1 Å². The monoisotopic (exact) mass is 364 g/mol. The van der Waals surface area contributed by atoms with Crippen LogP contribution in [0.4, 0.5) is 13.2 Å². The van der Waals surface area contributed by atoms with Gasteiger partial charge >= 0.3 is 6.36 Å². The first-order valence-electron chi connectivity index (χ1n) is 7.85. The van der Waals surface area contributed by atoms with Crippen LogP contribution in [0, 0.1) is 0 Å². The summed E-state index contributed by atoms with van der Waals surface area (Å²) in [4.78, 5) is 2.32. The van der Waals surface area contributed by atoms with Crippen molar-refractivity contribution in [3.8, 4) is 5.75 Å². The third-order valence-corrected chi connectivity index (χ3v) is 5.82. The highest BCUT2D eigenvalue weighted by Crippen LogP contribution is 2.29. The lowest BCUT2D eigenvalue weighted by atomic mass is 10.1. The van der Waals surface area contributed by atoms with Crippen LogP contribution >= 0.6 is 0 Å². The van der Waals surface area contributed by atoms with Crippen molar-refractivity contribution in [1.82, 2.24) is 9.62 Å². The van der Waals surface area contributed by atoms with Crippen molar-refractivity contribution < 1.29 is 26.3 Å². The highest BCUT2D eigenvalue weighted by Gasteiger charge is 2.33. The Morgan fingerprint density at radius 1 is 1.04 bits per heavy atom. The number of alkyl halides is 3. The van der Waals surface area contributed by atoms with Gasteiger partial charge in [-0.05, 0) is 63.0 Å². The Bertz CT molecular complexity index is 664. The van der Waals surface area contributed by atoms with Gasteiger partial charge in [0.1, 0.15) is 5.75 Å². The molecule has 0 amide bonds. The summed E-state index contributed by atoms with van der Waals surface area (Å²) < 4.78 is 67.4. The van der Waals surface area contributed by atoms with Crippen molar-refractivity contribution in [2.75, 3.05) is 13.1 Å². The molecule has 5 nitrogen and oxygen atoms in total. The highest BCUT2D eigenvalue weighted by molar-refractivity contribution is 7.89. The molecule has 1 aromatic carbocycles. The molecule has 0 aromatic heterocycles. The van der Waals surface area contributed by atoms with Crippen LogP contribution in [0.25, 0.3) is 0 Å². The summed E-state index contributed by atoms with van der Waals surface area (Å²) in [6, 6.07) is 4.75. The van der Waals surface area contributed by atoms with Crippen molar-refractivity contribution >= 4 is 10.0 Å². The van der Waals surface area contributed by atoms with Crippen molar-refractivity contribution in [3.05, 3.63) is 24.3 Å². The standard InChI is InChI=1S/C15H19F3N2O3S/c16-15(17,18)23-13-3-5-14(6-4-13)24(21,22)19-11-7-9-20(10-8-11)12-1-2-12/h3-6,11-12,19H,1-2,7-10H2. The largest absolute Gasteiger partial charge is 0.573 e. The molecule has 1 saturated carbocycles. The summed E-state index contributed by atoms with van der Waals surface area (Å²) in [6.07, 6.45) is -0.865. The first-order valence-corrected chi connectivity index (χ1v) is 9.33. The molecule has 0 bridgehead atoms. The molecule has 2 aliphatic rings. The van der Waals surface area contributed by atoms with Gasteiger partial charge in [-0.2, -0.15) is 0 Å². The van der Waals surface area contributed by atoms with E-state index in [9.17, 15) is 21.6 Å². The third kappa shape index (κ3) is 4.61. The molecular weight excluding hydrogens is 345 g/mol. The second-order valence-electron chi connectivity index (χ2n) is 6.18. The number of hydrogen-bond donors (Lipinski definition) is 1. The molecule has 2 fully saturated rings. The minimum Gasteiger partial charge on any atom is -0.406 e. The normalized spacial score (nSPS) is 21.0. The number of halogens is 3. The van der Waals surface area contributed by atoms with Gasteiger partial charge in [-0.25, -0.2) is 13.1 Å². The number of likely N-dealkylation sites (tertiary alicyclic amines) is 1. The van der Waals surface area contributed by atoms with Crippen LogP contribution in [0.1, 0.15) is 25.7 Å². The summed E-state index contributed by atoms with van der Waals surface area (Å²) in [5, 5.41) is 0. The summed E-state index contributed by atoms with van der Waals surface area (Å²) in [5.74, 6) is -0.445. The highest BCUT2D eigenvalue weighted by atomic mass is 32.2. The second-order valence-corrected chi connectivity index (χ2v) is 7.90. The molecule has 1 aromatic rings. The molecule has 134 valence electrons. The van der Waals surface area contributed by atoms with E-state index in [0.29, 0.717) is 6.04 Å². The van der Waals surface area contributed by atoms with Crippen LogP contribution < -0.4 is 9.46 Å².